The van der Waals surface area contributed by atoms with Crippen LogP contribution in [-0.2, 0) is 4.79 Å². The normalized spacial score (nSPS) is 21.3. The van der Waals surface area contributed by atoms with Crippen molar-refractivity contribution in [3.8, 4) is 0 Å². The standard InChI is InChI=1S/C15H18ClN3O3/c1-9-4-12(19(21)22)6-13(16)15(9)17-7-10-5-14(20)18(8-10)11-2-3-11/h4,6,10-11,17H,2-3,5,7-8H2,1H3/t10-/m0/s1. The van der Waals surface area contributed by atoms with Crippen LogP contribution < -0.4 is 5.32 Å². The molecule has 1 aliphatic heterocycles. The number of benzene rings is 1. The monoisotopic (exact) mass is 323 g/mol. The van der Waals surface area contributed by atoms with Gasteiger partial charge >= 0.3 is 0 Å². The van der Waals surface area contributed by atoms with Gasteiger partial charge in [0, 0.05) is 43.6 Å². The van der Waals surface area contributed by atoms with Gasteiger partial charge in [-0.05, 0) is 25.3 Å². The Morgan fingerprint density at radius 2 is 2.18 bits per heavy atom. The maximum Gasteiger partial charge on any atom is 0.271 e. The van der Waals surface area contributed by atoms with Crippen LogP contribution in [0.1, 0.15) is 24.8 Å². The smallest absolute Gasteiger partial charge is 0.271 e. The number of aryl methyl sites for hydroxylation is 1. The van der Waals surface area contributed by atoms with Crippen molar-refractivity contribution in [1.29, 1.82) is 0 Å². The number of nitrogens with zero attached hydrogens (tertiary/aromatic N) is 2. The molecule has 1 aromatic carbocycles. The summed E-state index contributed by atoms with van der Waals surface area (Å²) in [6.07, 6.45) is 2.81. The molecule has 1 atom stereocenters. The predicted octanol–water partition coefficient (Wildman–Crippen LogP) is 2.98. The van der Waals surface area contributed by atoms with E-state index >= 15 is 0 Å². The molecule has 2 fully saturated rings. The number of hydrogen-bond donors (Lipinski definition) is 1. The molecule has 1 saturated heterocycles. The third-order valence-corrected chi connectivity index (χ3v) is 4.57. The minimum Gasteiger partial charge on any atom is -0.383 e. The molecule has 22 heavy (non-hydrogen) atoms. The molecule has 1 N–H and O–H groups in total. The van der Waals surface area contributed by atoms with Gasteiger partial charge < -0.3 is 10.2 Å². The van der Waals surface area contributed by atoms with Crippen molar-refractivity contribution in [3.63, 3.8) is 0 Å². The van der Waals surface area contributed by atoms with Crippen LogP contribution in [0.5, 0.6) is 0 Å². The third kappa shape index (κ3) is 3.02. The molecule has 0 spiro atoms. The minimum absolute atomic E-state index is 0.0102. The van der Waals surface area contributed by atoms with E-state index in [0.717, 1.165) is 24.9 Å². The van der Waals surface area contributed by atoms with Crippen molar-refractivity contribution in [2.45, 2.75) is 32.2 Å². The summed E-state index contributed by atoms with van der Waals surface area (Å²) in [7, 11) is 0. The summed E-state index contributed by atoms with van der Waals surface area (Å²) in [5, 5.41) is 14.4. The number of carbonyl (C=O) groups excluding carboxylic acids is 1. The second-order valence-corrected chi connectivity index (χ2v) is 6.51. The van der Waals surface area contributed by atoms with Crippen molar-refractivity contribution in [2.75, 3.05) is 18.4 Å². The Labute approximate surface area is 133 Å². The Balaban J connectivity index is 1.64. The van der Waals surface area contributed by atoms with Crippen LogP contribution in [0.25, 0.3) is 0 Å². The van der Waals surface area contributed by atoms with Gasteiger partial charge in [0.05, 0.1) is 15.6 Å². The maximum atomic E-state index is 11.9. The van der Waals surface area contributed by atoms with Gasteiger partial charge in [0.1, 0.15) is 0 Å². The topological polar surface area (TPSA) is 75.5 Å². The number of likely N-dealkylation sites (tertiary alicyclic amines) is 1. The number of nitro groups is 1. The van der Waals surface area contributed by atoms with E-state index in [2.05, 4.69) is 5.32 Å². The van der Waals surface area contributed by atoms with Crippen LogP contribution in [-0.4, -0.2) is 34.9 Å². The van der Waals surface area contributed by atoms with E-state index in [9.17, 15) is 14.9 Å². The number of amides is 1. The highest BCUT2D eigenvalue weighted by atomic mass is 35.5. The summed E-state index contributed by atoms with van der Waals surface area (Å²) in [6.45, 7) is 3.23. The van der Waals surface area contributed by atoms with Crippen LogP contribution in [0.2, 0.25) is 5.02 Å². The average Bonchev–Trinajstić information content (AvgIpc) is 3.21. The SMILES string of the molecule is Cc1cc([N+](=O)[O-])cc(Cl)c1NC[C@@H]1CC(=O)N(C2CC2)C1. The van der Waals surface area contributed by atoms with Gasteiger partial charge in [0.2, 0.25) is 5.91 Å². The van der Waals surface area contributed by atoms with Crippen molar-refractivity contribution < 1.29 is 9.72 Å². The lowest BCUT2D eigenvalue weighted by molar-refractivity contribution is -0.384. The van der Waals surface area contributed by atoms with Crippen LogP contribution in [0.3, 0.4) is 0 Å². The zero-order valence-corrected chi connectivity index (χ0v) is 13.1. The second kappa shape index (κ2) is 5.76. The fourth-order valence-corrected chi connectivity index (χ4v) is 3.31. The summed E-state index contributed by atoms with van der Waals surface area (Å²) < 4.78 is 0. The lowest BCUT2D eigenvalue weighted by atomic mass is 10.1. The number of rotatable bonds is 5. The van der Waals surface area contributed by atoms with Gasteiger partial charge in [-0.1, -0.05) is 11.6 Å². The van der Waals surface area contributed by atoms with E-state index in [4.69, 9.17) is 11.6 Å². The van der Waals surface area contributed by atoms with Gasteiger partial charge in [-0.15, -0.1) is 0 Å². The molecule has 0 radical (unpaired) electrons. The number of nitro benzene ring substituents is 1. The van der Waals surface area contributed by atoms with E-state index in [1.165, 1.54) is 12.1 Å². The van der Waals surface area contributed by atoms with Gasteiger partial charge in [-0.25, -0.2) is 0 Å². The molecule has 0 unspecified atom stereocenters. The molecule has 1 amide bonds. The molecular weight excluding hydrogens is 306 g/mol. The first-order valence-electron chi connectivity index (χ1n) is 7.43. The van der Waals surface area contributed by atoms with Crippen molar-refractivity contribution in [2.24, 2.45) is 5.92 Å². The summed E-state index contributed by atoms with van der Waals surface area (Å²) in [5.41, 5.74) is 1.44. The largest absolute Gasteiger partial charge is 0.383 e. The van der Waals surface area contributed by atoms with Crippen molar-refractivity contribution in [3.05, 3.63) is 32.8 Å². The zero-order valence-electron chi connectivity index (χ0n) is 12.3. The van der Waals surface area contributed by atoms with Crippen LogP contribution in [0.15, 0.2) is 12.1 Å². The van der Waals surface area contributed by atoms with Crippen LogP contribution >= 0.6 is 11.6 Å². The Morgan fingerprint density at radius 1 is 1.45 bits per heavy atom. The molecule has 2 aliphatic rings. The highest BCUT2D eigenvalue weighted by Gasteiger charge is 2.39. The van der Waals surface area contributed by atoms with Gasteiger partial charge in [-0.2, -0.15) is 0 Å². The van der Waals surface area contributed by atoms with E-state index < -0.39 is 4.92 Å². The highest BCUT2D eigenvalue weighted by molar-refractivity contribution is 6.33. The lowest BCUT2D eigenvalue weighted by Crippen LogP contribution is -2.28. The van der Waals surface area contributed by atoms with Crippen LogP contribution in [0.4, 0.5) is 11.4 Å². The number of non-ortho nitro benzene ring substituents is 1. The molecule has 118 valence electrons. The number of carbonyl (C=O) groups is 1. The molecule has 0 aromatic heterocycles. The first-order valence-corrected chi connectivity index (χ1v) is 7.81. The molecule has 0 bridgehead atoms. The van der Waals surface area contributed by atoms with Gasteiger partial charge in [0.15, 0.2) is 0 Å². The number of nitrogens with one attached hydrogen (secondary N) is 1. The Bertz CT molecular complexity index is 607. The quantitative estimate of drug-likeness (QED) is 0.667. The first kappa shape index (κ1) is 15.1. The van der Waals surface area contributed by atoms with Gasteiger partial charge in [-0.3, -0.25) is 14.9 Å². The predicted molar refractivity (Wildman–Crippen MR) is 84.2 cm³/mol. The molecule has 3 rings (SSSR count). The first-order chi connectivity index (χ1) is 10.5. The zero-order chi connectivity index (χ0) is 15.9. The minimum atomic E-state index is -0.453. The fraction of sp³-hybridized carbons (Fsp3) is 0.533. The Hall–Kier alpha value is -1.82. The van der Waals surface area contributed by atoms with Gasteiger partial charge in [0.25, 0.3) is 5.69 Å². The lowest BCUT2D eigenvalue weighted by Gasteiger charge is -2.17. The Morgan fingerprint density at radius 3 is 2.77 bits per heavy atom. The van der Waals surface area contributed by atoms with Crippen molar-refractivity contribution in [1.82, 2.24) is 4.90 Å². The summed E-state index contributed by atoms with van der Waals surface area (Å²) in [5.74, 6) is 0.500. The second-order valence-electron chi connectivity index (χ2n) is 6.10. The van der Waals surface area contributed by atoms with E-state index in [-0.39, 0.29) is 17.5 Å². The molecular formula is C15H18ClN3O3. The van der Waals surface area contributed by atoms with Crippen molar-refractivity contribution >= 4 is 28.9 Å². The van der Waals surface area contributed by atoms with E-state index in [0.29, 0.717) is 29.7 Å². The molecule has 6 nitrogen and oxygen atoms in total. The molecule has 1 heterocycles. The Kier molecular flexibility index (Phi) is 3.95. The molecule has 1 aromatic rings. The van der Waals surface area contributed by atoms with E-state index in [1.54, 1.807) is 6.92 Å². The number of halogens is 1. The summed E-state index contributed by atoms with van der Waals surface area (Å²) in [4.78, 5) is 24.3. The molecule has 7 heteroatoms. The van der Waals surface area contributed by atoms with E-state index in [1.807, 2.05) is 4.90 Å². The summed E-state index contributed by atoms with van der Waals surface area (Å²) >= 11 is 6.14. The number of hydrogen-bond acceptors (Lipinski definition) is 4. The third-order valence-electron chi connectivity index (χ3n) is 4.28. The highest BCUT2D eigenvalue weighted by Crippen LogP contribution is 2.34. The maximum absolute atomic E-state index is 11.9. The fourth-order valence-electron chi connectivity index (χ4n) is 2.99. The molecule has 1 saturated carbocycles. The molecule has 1 aliphatic carbocycles. The summed E-state index contributed by atoms with van der Waals surface area (Å²) in [6, 6.07) is 3.32. The number of anilines is 1. The van der Waals surface area contributed by atoms with Crippen LogP contribution in [0, 0.1) is 23.0 Å². The average molecular weight is 324 g/mol.